The van der Waals surface area contributed by atoms with Gasteiger partial charge in [-0.25, -0.2) is 9.37 Å². The minimum Gasteiger partial charge on any atom is -0.315 e. The summed E-state index contributed by atoms with van der Waals surface area (Å²) in [6.45, 7) is 3.73. The molecule has 4 N–H and O–H groups in total. The number of aryl methyl sites for hydroxylation is 2. The fraction of sp³-hybridized carbons (Fsp3) is 0.304. The molecule has 4 rings (SSSR count). The van der Waals surface area contributed by atoms with Crippen LogP contribution in [-0.4, -0.2) is 44.7 Å². The number of thiocarbonyl (C=S) groups is 1. The Labute approximate surface area is 202 Å². The largest absolute Gasteiger partial charge is 0.315 e. The Morgan fingerprint density at radius 3 is 2.85 bits per heavy atom. The molecule has 0 spiro atoms. The van der Waals surface area contributed by atoms with Crippen molar-refractivity contribution in [1.82, 2.24) is 20.1 Å². The number of piperidine rings is 1. The molecule has 0 unspecified atom stereocenters. The third-order valence-corrected chi connectivity index (χ3v) is 6.32. The van der Waals surface area contributed by atoms with Crippen molar-refractivity contribution < 1.29 is 4.39 Å². The van der Waals surface area contributed by atoms with E-state index in [0.717, 1.165) is 37.3 Å². The quantitative estimate of drug-likeness (QED) is 0.129. The molecule has 1 aliphatic rings. The maximum atomic E-state index is 15.4. The Morgan fingerprint density at radius 1 is 1.35 bits per heavy atom. The lowest BCUT2D eigenvalue weighted by Crippen LogP contribution is -2.49. The molecule has 0 radical (unpaired) electrons. The minimum absolute atomic E-state index is 0.115. The van der Waals surface area contributed by atoms with Crippen molar-refractivity contribution in [3.63, 3.8) is 0 Å². The van der Waals surface area contributed by atoms with E-state index in [1.165, 1.54) is 16.9 Å². The van der Waals surface area contributed by atoms with Crippen LogP contribution in [0.4, 0.5) is 10.2 Å². The van der Waals surface area contributed by atoms with Gasteiger partial charge in [0, 0.05) is 42.5 Å². The Bertz CT molecular complexity index is 1250. The van der Waals surface area contributed by atoms with Crippen LogP contribution in [0.3, 0.4) is 0 Å². The van der Waals surface area contributed by atoms with Crippen LogP contribution in [0.15, 0.2) is 53.1 Å². The molecule has 1 atom stereocenters. The fourth-order valence-electron chi connectivity index (χ4n) is 4.24. The molecule has 34 heavy (non-hydrogen) atoms. The van der Waals surface area contributed by atoms with E-state index in [1.807, 2.05) is 24.0 Å². The van der Waals surface area contributed by atoms with Gasteiger partial charge in [0.2, 0.25) is 0 Å². The lowest BCUT2D eigenvalue weighted by molar-refractivity contribution is 0.457. The van der Waals surface area contributed by atoms with Crippen LogP contribution >= 0.6 is 12.2 Å². The third-order valence-electron chi connectivity index (χ3n) is 5.89. The van der Waals surface area contributed by atoms with Gasteiger partial charge in [0.15, 0.2) is 5.84 Å². The van der Waals surface area contributed by atoms with Gasteiger partial charge in [0.05, 0.1) is 6.20 Å². The first kappa shape index (κ1) is 23.6. The first-order chi connectivity index (χ1) is 16.4. The number of benzene rings is 1. The molecule has 0 amide bonds. The maximum Gasteiger partial charge on any atom is 0.195 e. The Hall–Kier alpha value is -3.57. The summed E-state index contributed by atoms with van der Waals surface area (Å²) < 4.78 is 16.9. The second-order valence-corrected chi connectivity index (χ2v) is 8.50. The predicted octanol–water partition coefficient (Wildman–Crippen LogP) is 3.51. The van der Waals surface area contributed by atoms with E-state index in [-0.39, 0.29) is 17.4 Å². The zero-order chi connectivity index (χ0) is 24.2. The molecule has 2 aromatic heterocycles. The summed E-state index contributed by atoms with van der Waals surface area (Å²) in [6.07, 6.45) is 5.22. The highest BCUT2D eigenvalue weighted by molar-refractivity contribution is 7.81. The number of hydrogen-bond acceptors (Lipinski definition) is 6. The second-order valence-electron chi connectivity index (χ2n) is 8.11. The van der Waals surface area contributed by atoms with Crippen LogP contribution < -0.4 is 16.1 Å². The second kappa shape index (κ2) is 10.1. The van der Waals surface area contributed by atoms with Crippen molar-refractivity contribution in [1.29, 1.82) is 5.41 Å². The van der Waals surface area contributed by atoms with Gasteiger partial charge in [0.1, 0.15) is 22.3 Å². The molecular weight excluding hydrogens is 453 g/mol. The molecule has 1 fully saturated rings. The summed E-state index contributed by atoms with van der Waals surface area (Å²) >= 11 is 5.89. The summed E-state index contributed by atoms with van der Waals surface area (Å²) in [5.41, 5.74) is 2.59. The van der Waals surface area contributed by atoms with Gasteiger partial charge in [-0.2, -0.15) is 5.10 Å². The van der Waals surface area contributed by atoms with Crippen LogP contribution in [0, 0.1) is 18.2 Å². The maximum absolute atomic E-state index is 15.4. The number of aromatic nitrogens is 3. The number of hydrogen-bond donors (Lipinski definition) is 3. The van der Waals surface area contributed by atoms with Gasteiger partial charge in [-0.05, 0) is 44.0 Å². The van der Waals surface area contributed by atoms with Crippen molar-refractivity contribution in [3.05, 3.63) is 65.4 Å². The lowest BCUT2D eigenvalue weighted by Gasteiger charge is -2.36. The first-order valence-corrected chi connectivity index (χ1v) is 11.3. The molecule has 1 saturated heterocycles. The molecular formula is C23H26FN9S. The monoisotopic (exact) mass is 479 g/mol. The molecule has 176 valence electrons. The van der Waals surface area contributed by atoms with Crippen molar-refractivity contribution in [3.8, 4) is 11.1 Å². The highest BCUT2D eigenvalue weighted by Gasteiger charge is 2.28. The van der Waals surface area contributed by atoms with E-state index in [2.05, 4.69) is 25.7 Å². The molecule has 11 heteroatoms. The number of halogens is 1. The normalized spacial score (nSPS) is 16.0. The predicted molar refractivity (Wildman–Crippen MR) is 134 cm³/mol. The van der Waals surface area contributed by atoms with Crippen LogP contribution in [-0.2, 0) is 7.05 Å². The number of nitrogens with zero attached hydrogens (tertiary/aromatic N) is 6. The smallest absolute Gasteiger partial charge is 0.195 e. The van der Waals surface area contributed by atoms with E-state index >= 15 is 4.39 Å². The molecule has 3 aromatic rings. The Kier molecular flexibility index (Phi) is 7.03. The van der Waals surface area contributed by atoms with E-state index in [1.54, 1.807) is 25.4 Å². The zero-order valence-electron chi connectivity index (χ0n) is 19.0. The molecule has 0 bridgehead atoms. The first-order valence-electron chi connectivity index (χ1n) is 10.9. The van der Waals surface area contributed by atoms with Crippen molar-refractivity contribution in [2.45, 2.75) is 25.8 Å². The third kappa shape index (κ3) is 4.57. The highest BCUT2D eigenvalue weighted by Crippen LogP contribution is 2.30. The number of pyridine rings is 1. The molecule has 0 saturated carbocycles. The molecule has 0 aliphatic carbocycles. The van der Waals surface area contributed by atoms with Crippen molar-refractivity contribution in [2.24, 2.45) is 23.2 Å². The number of nitrogens with two attached hydrogens (primary N) is 1. The number of amidine groups is 1. The Morgan fingerprint density at radius 2 is 2.18 bits per heavy atom. The lowest BCUT2D eigenvalue weighted by atomic mass is 10.0. The summed E-state index contributed by atoms with van der Waals surface area (Å²) in [6, 6.07) is 8.85. The zero-order valence-corrected chi connectivity index (χ0v) is 19.8. The van der Waals surface area contributed by atoms with Gasteiger partial charge in [-0.3, -0.25) is 10.1 Å². The summed E-state index contributed by atoms with van der Waals surface area (Å²) in [5, 5.41) is 22.4. The van der Waals surface area contributed by atoms with Crippen molar-refractivity contribution in [2.75, 3.05) is 18.0 Å². The standard InChI is InChI=1S/C23H26FN9S/c1-14-5-3-10-28-22(14)33(16-6-4-9-27-12-16)23(34)15-7-8-17(19(24)11-15)18-13-29-32(2)20(18)21(25)30-31-26/h3,5,7-8,10-11,13,16,27H,4,6,9,12H2,1-2H3,(H3,25,26,30)/t16-/m1/s1. The Balaban J connectivity index is 1.72. The van der Waals surface area contributed by atoms with E-state index < -0.39 is 5.82 Å². The van der Waals surface area contributed by atoms with E-state index in [4.69, 9.17) is 23.5 Å². The summed E-state index contributed by atoms with van der Waals surface area (Å²) in [4.78, 5) is 7.14. The average Bonchev–Trinajstić information content (AvgIpc) is 3.22. The number of nitrogens with one attached hydrogen (secondary N) is 2. The van der Waals surface area contributed by atoms with Gasteiger partial charge in [-0.15, -0.1) is 5.11 Å². The topological polar surface area (TPSA) is 121 Å². The average molecular weight is 480 g/mol. The minimum atomic E-state index is -0.481. The van der Waals surface area contributed by atoms with E-state index in [0.29, 0.717) is 21.8 Å². The fourth-order valence-corrected chi connectivity index (χ4v) is 4.61. The van der Waals surface area contributed by atoms with Crippen molar-refractivity contribution >= 4 is 28.9 Å². The van der Waals surface area contributed by atoms with Gasteiger partial charge < -0.3 is 16.1 Å². The van der Waals surface area contributed by atoms with Gasteiger partial charge in [0.25, 0.3) is 0 Å². The van der Waals surface area contributed by atoms with Gasteiger partial charge in [-0.1, -0.05) is 35.6 Å². The molecule has 9 nitrogen and oxygen atoms in total. The van der Waals surface area contributed by atoms with Crippen LogP contribution in [0.2, 0.25) is 0 Å². The summed E-state index contributed by atoms with van der Waals surface area (Å²) in [7, 11) is 1.64. The van der Waals surface area contributed by atoms with Crippen LogP contribution in [0.5, 0.6) is 0 Å². The van der Waals surface area contributed by atoms with E-state index in [9.17, 15) is 0 Å². The molecule has 1 aromatic carbocycles. The highest BCUT2D eigenvalue weighted by atomic mass is 32.1. The van der Waals surface area contributed by atoms with Crippen LogP contribution in [0.1, 0.15) is 29.7 Å². The SMILES string of the molecule is Cc1cccnc1N(C(=S)c1ccc(-c2cnn(C)c2C(=N)N=NN)c(F)c1)[C@@H]1CCCNC1. The van der Waals surface area contributed by atoms with Gasteiger partial charge >= 0.3 is 0 Å². The number of anilines is 1. The van der Waals surface area contributed by atoms with Crippen LogP contribution in [0.25, 0.3) is 11.1 Å². The molecule has 3 heterocycles. The summed E-state index contributed by atoms with van der Waals surface area (Å²) in [5.74, 6) is 5.18. The molecule has 1 aliphatic heterocycles. The number of rotatable bonds is 5.